The fourth-order valence-electron chi connectivity index (χ4n) is 4.00. The Labute approximate surface area is 142 Å². The van der Waals surface area contributed by atoms with E-state index in [1.165, 1.54) is 57.9 Å². The molecule has 1 saturated carbocycles. The number of nitrogens with zero attached hydrogens (tertiary/aromatic N) is 1. The number of hydrogen-bond acceptors (Lipinski definition) is 3. The topological polar surface area (TPSA) is 41.6 Å². The Morgan fingerprint density at radius 2 is 1.78 bits per heavy atom. The second-order valence-electron chi connectivity index (χ2n) is 7.45. The Kier molecular flexibility index (Phi) is 8.98. The summed E-state index contributed by atoms with van der Waals surface area (Å²) in [5, 5.41) is 3.29. The van der Waals surface area contributed by atoms with Crippen LogP contribution >= 0.6 is 0 Å². The summed E-state index contributed by atoms with van der Waals surface area (Å²) >= 11 is 0. The molecule has 2 rings (SSSR count). The fourth-order valence-corrected chi connectivity index (χ4v) is 4.00. The van der Waals surface area contributed by atoms with Crippen molar-refractivity contribution in [1.29, 1.82) is 0 Å². The molecule has 2 aliphatic rings. The molecule has 0 unspecified atom stereocenters. The number of unbranched alkanes of at least 4 members (excludes halogenated alkanes) is 2. The number of carbonyl (C=O) groups is 1. The van der Waals surface area contributed by atoms with Gasteiger partial charge in [0.1, 0.15) is 0 Å². The molecule has 0 bridgehead atoms. The molecule has 1 N–H and O–H groups in total. The second kappa shape index (κ2) is 11.0. The van der Waals surface area contributed by atoms with Gasteiger partial charge in [0.15, 0.2) is 0 Å². The molecular formula is C19H36N2O2. The summed E-state index contributed by atoms with van der Waals surface area (Å²) in [5.41, 5.74) is 0. The van der Waals surface area contributed by atoms with Gasteiger partial charge in [-0.2, -0.15) is 0 Å². The lowest BCUT2D eigenvalue weighted by Crippen LogP contribution is -2.45. The highest BCUT2D eigenvalue weighted by Gasteiger charge is 2.22. The summed E-state index contributed by atoms with van der Waals surface area (Å²) in [6.45, 7) is 4.36. The summed E-state index contributed by atoms with van der Waals surface area (Å²) in [4.78, 5) is 14.7. The third-order valence-corrected chi connectivity index (χ3v) is 5.47. The van der Waals surface area contributed by atoms with E-state index in [0.717, 1.165) is 39.0 Å². The fraction of sp³-hybridized carbons (Fsp3) is 0.947. The van der Waals surface area contributed by atoms with Crippen LogP contribution in [0.15, 0.2) is 0 Å². The molecule has 1 saturated heterocycles. The SMILES string of the molecule is COCCCCCN1CCC(NC(=O)CC2CCCCC2)CC1. The number of amides is 1. The molecule has 4 heteroatoms. The predicted molar refractivity (Wildman–Crippen MR) is 94.5 cm³/mol. The van der Waals surface area contributed by atoms with Gasteiger partial charge in [0.2, 0.25) is 5.91 Å². The zero-order chi connectivity index (χ0) is 16.3. The number of ether oxygens (including phenoxy) is 1. The first-order valence-corrected chi connectivity index (χ1v) is 9.78. The minimum atomic E-state index is 0.301. The third-order valence-electron chi connectivity index (χ3n) is 5.47. The van der Waals surface area contributed by atoms with E-state index in [0.29, 0.717) is 17.9 Å². The number of methoxy groups -OCH3 is 1. The zero-order valence-electron chi connectivity index (χ0n) is 15.0. The van der Waals surface area contributed by atoms with E-state index < -0.39 is 0 Å². The average molecular weight is 325 g/mol. The van der Waals surface area contributed by atoms with Crippen molar-refractivity contribution in [1.82, 2.24) is 10.2 Å². The summed E-state index contributed by atoms with van der Waals surface area (Å²) in [5.74, 6) is 0.950. The lowest BCUT2D eigenvalue weighted by molar-refractivity contribution is -0.123. The summed E-state index contributed by atoms with van der Waals surface area (Å²) in [6, 6.07) is 0.413. The van der Waals surface area contributed by atoms with Gasteiger partial charge in [-0.15, -0.1) is 0 Å². The van der Waals surface area contributed by atoms with Crippen LogP contribution in [0.1, 0.15) is 70.6 Å². The van der Waals surface area contributed by atoms with Crippen LogP contribution in [0.2, 0.25) is 0 Å². The number of likely N-dealkylation sites (tertiary alicyclic amines) is 1. The second-order valence-corrected chi connectivity index (χ2v) is 7.45. The summed E-state index contributed by atoms with van der Waals surface area (Å²) in [6.07, 6.45) is 13.2. The van der Waals surface area contributed by atoms with Crippen LogP contribution in [0, 0.1) is 5.92 Å². The number of carbonyl (C=O) groups excluding carboxylic acids is 1. The van der Waals surface area contributed by atoms with E-state index in [-0.39, 0.29) is 0 Å². The average Bonchev–Trinajstić information content (AvgIpc) is 2.57. The molecule has 1 aliphatic carbocycles. The lowest BCUT2D eigenvalue weighted by Gasteiger charge is -2.32. The predicted octanol–water partition coefficient (Wildman–Crippen LogP) is 3.35. The Morgan fingerprint density at radius 1 is 1.04 bits per heavy atom. The van der Waals surface area contributed by atoms with Crippen molar-refractivity contribution < 1.29 is 9.53 Å². The molecule has 0 aromatic rings. The molecular weight excluding hydrogens is 288 g/mol. The Bertz CT molecular complexity index is 321. The third kappa shape index (κ3) is 7.67. The van der Waals surface area contributed by atoms with E-state index in [1.807, 2.05) is 0 Å². The standard InChI is InChI=1S/C19H36N2O2/c1-23-15-7-3-6-12-21-13-10-18(11-14-21)20-19(22)16-17-8-4-2-5-9-17/h17-18H,2-16H2,1H3,(H,20,22). The summed E-state index contributed by atoms with van der Waals surface area (Å²) < 4.78 is 5.09. The smallest absolute Gasteiger partial charge is 0.220 e. The molecule has 1 heterocycles. The minimum Gasteiger partial charge on any atom is -0.385 e. The van der Waals surface area contributed by atoms with Gasteiger partial charge in [-0.25, -0.2) is 0 Å². The molecule has 0 spiro atoms. The van der Waals surface area contributed by atoms with Gasteiger partial charge in [-0.05, 0) is 57.4 Å². The first kappa shape index (κ1) is 18.7. The van der Waals surface area contributed by atoms with Crippen molar-refractivity contribution in [2.75, 3.05) is 33.4 Å². The molecule has 1 aliphatic heterocycles. The molecule has 1 amide bonds. The van der Waals surface area contributed by atoms with Crippen molar-refractivity contribution in [2.45, 2.75) is 76.7 Å². The molecule has 0 aromatic carbocycles. The number of rotatable bonds is 9. The highest BCUT2D eigenvalue weighted by atomic mass is 16.5. The molecule has 0 aromatic heterocycles. The Morgan fingerprint density at radius 3 is 2.48 bits per heavy atom. The molecule has 134 valence electrons. The van der Waals surface area contributed by atoms with E-state index in [9.17, 15) is 4.79 Å². The maximum atomic E-state index is 12.2. The number of hydrogen-bond donors (Lipinski definition) is 1. The largest absolute Gasteiger partial charge is 0.385 e. The van der Waals surface area contributed by atoms with Crippen molar-refractivity contribution in [3.05, 3.63) is 0 Å². The van der Waals surface area contributed by atoms with Crippen molar-refractivity contribution in [3.63, 3.8) is 0 Å². The molecule has 4 nitrogen and oxygen atoms in total. The van der Waals surface area contributed by atoms with Crippen molar-refractivity contribution in [3.8, 4) is 0 Å². The summed E-state index contributed by atoms with van der Waals surface area (Å²) in [7, 11) is 1.77. The first-order chi connectivity index (χ1) is 11.3. The van der Waals surface area contributed by atoms with Crippen LogP contribution in [0.5, 0.6) is 0 Å². The van der Waals surface area contributed by atoms with Crippen LogP contribution < -0.4 is 5.32 Å². The minimum absolute atomic E-state index is 0.301. The van der Waals surface area contributed by atoms with E-state index >= 15 is 0 Å². The Hall–Kier alpha value is -0.610. The first-order valence-electron chi connectivity index (χ1n) is 9.78. The molecule has 23 heavy (non-hydrogen) atoms. The van der Waals surface area contributed by atoms with Crippen LogP contribution in [-0.2, 0) is 9.53 Å². The van der Waals surface area contributed by atoms with E-state index in [1.54, 1.807) is 7.11 Å². The highest BCUT2D eigenvalue weighted by Crippen LogP contribution is 2.26. The van der Waals surface area contributed by atoms with Crippen LogP contribution in [0.3, 0.4) is 0 Å². The van der Waals surface area contributed by atoms with E-state index in [2.05, 4.69) is 10.2 Å². The Balaban J connectivity index is 1.52. The monoisotopic (exact) mass is 324 g/mol. The number of nitrogens with one attached hydrogen (secondary N) is 1. The van der Waals surface area contributed by atoms with Gasteiger partial charge < -0.3 is 15.0 Å². The van der Waals surface area contributed by atoms with Crippen LogP contribution in [-0.4, -0.2) is 50.2 Å². The van der Waals surface area contributed by atoms with Crippen LogP contribution in [0.25, 0.3) is 0 Å². The van der Waals surface area contributed by atoms with Crippen molar-refractivity contribution >= 4 is 5.91 Å². The maximum Gasteiger partial charge on any atom is 0.220 e. The zero-order valence-corrected chi connectivity index (χ0v) is 15.0. The van der Waals surface area contributed by atoms with Gasteiger partial charge in [0.05, 0.1) is 0 Å². The normalized spacial score (nSPS) is 21.4. The number of piperidine rings is 1. The molecule has 0 radical (unpaired) electrons. The highest BCUT2D eigenvalue weighted by molar-refractivity contribution is 5.76. The van der Waals surface area contributed by atoms with Gasteiger partial charge in [0.25, 0.3) is 0 Å². The van der Waals surface area contributed by atoms with Gasteiger partial charge in [-0.3, -0.25) is 4.79 Å². The van der Waals surface area contributed by atoms with Crippen molar-refractivity contribution in [2.24, 2.45) is 5.92 Å². The van der Waals surface area contributed by atoms with Gasteiger partial charge >= 0.3 is 0 Å². The van der Waals surface area contributed by atoms with Gasteiger partial charge in [0, 0.05) is 39.3 Å². The molecule has 2 fully saturated rings. The van der Waals surface area contributed by atoms with E-state index in [4.69, 9.17) is 4.74 Å². The van der Waals surface area contributed by atoms with Gasteiger partial charge in [-0.1, -0.05) is 19.3 Å². The van der Waals surface area contributed by atoms with Crippen LogP contribution in [0.4, 0.5) is 0 Å². The molecule has 0 atom stereocenters. The lowest BCUT2D eigenvalue weighted by atomic mass is 9.86. The maximum absolute atomic E-state index is 12.2. The quantitative estimate of drug-likeness (QED) is 0.661.